The second-order valence-electron chi connectivity index (χ2n) is 4.84. The van der Waals surface area contributed by atoms with Crippen LogP contribution in [0, 0.1) is 17.1 Å². The summed E-state index contributed by atoms with van der Waals surface area (Å²) in [4.78, 5) is 13.1. The normalized spacial score (nSPS) is 19.1. The molecule has 1 aromatic carbocycles. The van der Waals surface area contributed by atoms with Crippen LogP contribution in [0.5, 0.6) is 0 Å². The van der Waals surface area contributed by atoms with Crippen LogP contribution in [0.15, 0.2) is 18.2 Å². The van der Waals surface area contributed by atoms with Gasteiger partial charge in [0.15, 0.2) is 0 Å². The molecule has 1 aliphatic heterocycles. The topological polar surface area (TPSA) is 56.1 Å². The van der Waals surface area contributed by atoms with Gasteiger partial charge in [0.05, 0.1) is 11.6 Å². The maximum Gasteiger partial charge on any atom is 0.217 e. The number of halogens is 1. The average Bonchev–Trinajstić information content (AvgIpc) is 2.78. The summed E-state index contributed by atoms with van der Waals surface area (Å²) in [6.45, 7) is 3.51. The third-order valence-corrected chi connectivity index (χ3v) is 3.25. The van der Waals surface area contributed by atoms with Gasteiger partial charge in [0.1, 0.15) is 5.82 Å². The van der Waals surface area contributed by atoms with Crippen molar-refractivity contribution < 1.29 is 9.18 Å². The van der Waals surface area contributed by atoms with Crippen molar-refractivity contribution in [2.75, 3.05) is 13.1 Å². The summed E-state index contributed by atoms with van der Waals surface area (Å²) in [7, 11) is 0. The molecule has 0 spiro atoms. The van der Waals surface area contributed by atoms with Gasteiger partial charge in [0.2, 0.25) is 5.91 Å². The van der Waals surface area contributed by atoms with Crippen LogP contribution >= 0.6 is 0 Å². The zero-order chi connectivity index (χ0) is 13.8. The van der Waals surface area contributed by atoms with E-state index in [4.69, 9.17) is 5.26 Å². The Labute approximate surface area is 111 Å². The molecule has 0 saturated carbocycles. The first-order valence-corrected chi connectivity index (χ1v) is 6.26. The number of nitriles is 1. The van der Waals surface area contributed by atoms with E-state index >= 15 is 0 Å². The quantitative estimate of drug-likeness (QED) is 0.895. The van der Waals surface area contributed by atoms with Crippen LogP contribution in [0.2, 0.25) is 0 Å². The summed E-state index contributed by atoms with van der Waals surface area (Å²) < 4.78 is 13.7. The molecule has 1 saturated heterocycles. The van der Waals surface area contributed by atoms with Gasteiger partial charge in [-0.25, -0.2) is 4.39 Å². The van der Waals surface area contributed by atoms with Gasteiger partial charge in [-0.1, -0.05) is 0 Å². The molecule has 1 N–H and O–H groups in total. The lowest BCUT2D eigenvalue weighted by atomic mass is 10.1. The van der Waals surface area contributed by atoms with Gasteiger partial charge >= 0.3 is 0 Å². The molecule has 1 fully saturated rings. The van der Waals surface area contributed by atoms with E-state index in [9.17, 15) is 9.18 Å². The van der Waals surface area contributed by atoms with Crippen molar-refractivity contribution in [2.24, 2.45) is 0 Å². The summed E-state index contributed by atoms with van der Waals surface area (Å²) in [6.07, 6.45) is 0.874. The van der Waals surface area contributed by atoms with Crippen molar-refractivity contribution in [2.45, 2.75) is 25.9 Å². The molecular weight excluding hydrogens is 245 g/mol. The number of hydrogen-bond acceptors (Lipinski definition) is 3. The van der Waals surface area contributed by atoms with E-state index in [1.54, 1.807) is 6.07 Å². The number of carbonyl (C=O) groups excluding carboxylic acids is 1. The second kappa shape index (κ2) is 5.81. The van der Waals surface area contributed by atoms with Crippen LogP contribution in [0.3, 0.4) is 0 Å². The predicted octanol–water partition coefficient (Wildman–Crippen LogP) is 1.41. The van der Waals surface area contributed by atoms with Crippen molar-refractivity contribution in [3.63, 3.8) is 0 Å². The summed E-state index contributed by atoms with van der Waals surface area (Å²) in [5.74, 6) is -0.327. The first-order chi connectivity index (χ1) is 9.08. The van der Waals surface area contributed by atoms with E-state index in [0.717, 1.165) is 19.5 Å². The molecule has 1 atom stereocenters. The number of carbonyl (C=O) groups is 1. The number of hydrogen-bond donors (Lipinski definition) is 1. The van der Waals surface area contributed by atoms with Crippen molar-refractivity contribution in [1.29, 1.82) is 5.26 Å². The second-order valence-corrected chi connectivity index (χ2v) is 4.84. The minimum absolute atomic E-state index is 0.0375. The molecule has 2 rings (SSSR count). The number of amides is 1. The first-order valence-electron chi connectivity index (χ1n) is 6.26. The lowest BCUT2D eigenvalue weighted by molar-refractivity contribution is -0.119. The molecule has 100 valence electrons. The van der Waals surface area contributed by atoms with Gasteiger partial charge in [0, 0.05) is 38.2 Å². The van der Waals surface area contributed by atoms with Crippen molar-refractivity contribution >= 4 is 5.91 Å². The van der Waals surface area contributed by atoms with Gasteiger partial charge in [-0.05, 0) is 24.6 Å². The zero-order valence-corrected chi connectivity index (χ0v) is 10.8. The Bertz CT molecular complexity index is 524. The molecule has 0 aliphatic carbocycles. The highest BCUT2D eigenvalue weighted by Crippen LogP contribution is 2.17. The molecule has 1 aromatic rings. The standard InChI is InChI=1S/C14H16FN3O/c1-10(19)17-13-4-5-18(9-13)8-12-6-11(7-16)2-3-14(12)15/h2-3,6,13H,4-5,8-9H2,1H3,(H,17,19). The smallest absolute Gasteiger partial charge is 0.217 e. The molecule has 0 bridgehead atoms. The third kappa shape index (κ3) is 3.52. The lowest BCUT2D eigenvalue weighted by Gasteiger charge is -2.16. The van der Waals surface area contributed by atoms with Gasteiger partial charge in [-0.3, -0.25) is 9.69 Å². The molecule has 1 unspecified atom stereocenters. The molecule has 0 radical (unpaired) electrons. The minimum atomic E-state index is -0.290. The van der Waals surface area contributed by atoms with E-state index in [1.165, 1.54) is 19.1 Å². The molecule has 1 aliphatic rings. The largest absolute Gasteiger partial charge is 0.352 e. The summed E-state index contributed by atoms with van der Waals surface area (Å²) in [5.41, 5.74) is 0.997. The average molecular weight is 261 g/mol. The molecular formula is C14H16FN3O. The Kier molecular flexibility index (Phi) is 4.13. The highest BCUT2D eigenvalue weighted by Gasteiger charge is 2.23. The summed E-state index contributed by atoms with van der Waals surface area (Å²) in [6, 6.07) is 6.54. The molecule has 19 heavy (non-hydrogen) atoms. The Balaban J connectivity index is 1.99. The zero-order valence-electron chi connectivity index (χ0n) is 10.8. The van der Waals surface area contributed by atoms with Crippen LogP contribution in [0.1, 0.15) is 24.5 Å². The maximum atomic E-state index is 13.7. The Morgan fingerprint density at radius 2 is 2.42 bits per heavy atom. The monoisotopic (exact) mass is 261 g/mol. The SMILES string of the molecule is CC(=O)NC1CCN(Cc2cc(C#N)ccc2F)C1. The highest BCUT2D eigenvalue weighted by molar-refractivity contribution is 5.73. The predicted molar refractivity (Wildman–Crippen MR) is 68.6 cm³/mol. The fraction of sp³-hybridized carbons (Fsp3) is 0.429. The minimum Gasteiger partial charge on any atom is -0.352 e. The number of nitrogens with zero attached hydrogens (tertiary/aromatic N) is 2. The van der Waals surface area contributed by atoms with Crippen LogP contribution in [-0.4, -0.2) is 29.9 Å². The lowest BCUT2D eigenvalue weighted by Crippen LogP contribution is -2.35. The maximum absolute atomic E-state index is 13.7. The Morgan fingerprint density at radius 1 is 1.63 bits per heavy atom. The number of benzene rings is 1. The number of likely N-dealkylation sites (tertiary alicyclic amines) is 1. The first kappa shape index (κ1) is 13.5. The van der Waals surface area contributed by atoms with E-state index in [-0.39, 0.29) is 17.8 Å². The molecule has 1 heterocycles. The molecule has 5 heteroatoms. The van der Waals surface area contributed by atoms with Crippen molar-refractivity contribution in [3.05, 3.63) is 35.1 Å². The molecule has 4 nitrogen and oxygen atoms in total. The summed E-state index contributed by atoms with van der Waals surface area (Å²) >= 11 is 0. The fourth-order valence-electron chi connectivity index (χ4n) is 2.39. The van der Waals surface area contributed by atoms with Crippen LogP contribution < -0.4 is 5.32 Å². The molecule has 0 aromatic heterocycles. The van der Waals surface area contributed by atoms with Gasteiger partial charge in [-0.2, -0.15) is 5.26 Å². The van der Waals surface area contributed by atoms with Gasteiger partial charge < -0.3 is 5.32 Å². The number of nitrogens with one attached hydrogen (secondary N) is 1. The van der Waals surface area contributed by atoms with Crippen molar-refractivity contribution in [1.82, 2.24) is 10.2 Å². The van der Waals surface area contributed by atoms with Gasteiger partial charge in [-0.15, -0.1) is 0 Å². The van der Waals surface area contributed by atoms with E-state index in [1.807, 2.05) is 6.07 Å². The van der Waals surface area contributed by atoms with Crippen molar-refractivity contribution in [3.8, 4) is 6.07 Å². The van der Waals surface area contributed by atoms with E-state index in [2.05, 4.69) is 10.2 Å². The highest BCUT2D eigenvalue weighted by atomic mass is 19.1. The Hall–Kier alpha value is -1.93. The van der Waals surface area contributed by atoms with Gasteiger partial charge in [0.25, 0.3) is 0 Å². The van der Waals surface area contributed by atoms with Crippen LogP contribution in [0.25, 0.3) is 0 Å². The number of rotatable bonds is 3. The van der Waals surface area contributed by atoms with Crippen LogP contribution in [-0.2, 0) is 11.3 Å². The fourth-order valence-corrected chi connectivity index (χ4v) is 2.39. The van der Waals surface area contributed by atoms with Crippen LogP contribution in [0.4, 0.5) is 4.39 Å². The Morgan fingerprint density at radius 3 is 3.11 bits per heavy atom. The third-order valence-electron chi connectivity index (χ3n) is 3.25. The molecule has 1 amide bonds. The van der Waals surface area contributed by atoms with E-state index < -0.39 is 0 Å². The van der Waals surface area contributed by atoms with E-state index in [0.29, 0.717) is 17.7 Å². The summed E-state index contributed by atoms with van der Waals surface area (Å²) in [5, 5.41) is 11.7.